The van der Waals surface area contributed by atoms with Crippen molar-refractivity contribution in [3.63, 3.8) is 0 Å². The Morgan fingerprint density at radius 3 is 2.88 bits per heavy atom. The van der Waals surface area contributed by atoms with E-state index in [-0.39, 0.29) is 0 Å². The molecule has 8 heavy (non-hydrogen) atoms. The highest BCUT2D eigenvalue weighted by Crippen LogP contribution is 2.19. The van der Waals surface area contributed by atoms with Crippen molar-refractivity contribution < 1.29 is 0 Å². The van der Waals surface area contributed by atoms with E-state index in [4.69, 9.17) is 0 Å². The van der Waals surface area contributed by atoms with Crippen LogP contribution in [0.1, 0.15) is 6.42 Å². The maximum absolute atomic E-state index is 4.33. The average Bonchev–Trinajstić information content (AvgIpc) is 2.23. The van der Waals surface area contributed by atoms with Gasteiger partial charge in [0.05, 0.1) is 6.54 Å². The highest BCUT2D eigenvalue weighted by molar-refractivity contribution is 5.90. The first kappa shape index (κ1) is 4.50. The van der Waals surface area contributed by atoms with Gasteiger partial charge in [0.25, 0.3) is 0 Å². The van der Waals surface area contributed by atoms with Gasteiger partial charge in [0.15, 0.2) is 0 Å². The molecule has 0 aromatic rings. The smallest absolute Gasteiger partial charge is 0.0548 e. The van der Waals surface area contributed by atoms with Gasteiger partial charge in [-0.1, -0.05) is 0 Å². The number of fused-ring (bicyclic) bond motifs is 2. The number of hydrogen-bond acceptors (Lipinski definition) is 2. The van der Waals surface area contributed by atoms with Crippen molar-refractivity contribution in [1.82, 2.24) is 4.90 Å². The van der Waals surface area contributed by atoms with Crippen LogP contribution in [0.5, 0.6) is 0 Å². The summed E-state index contributed by atoms with van der Waals surface area (Å²) in [5, 5.41) is 0. The van der Waals surface area contributed by atoms with Crippen molar-refractivity contribution in [2.75, 3.05) is 20.1 Å². The number of nitrogens with zero attached hydrogens (tertiary/aromatic N) is 2. The molecule has 1 fully saturated rings. The molecule has 1 saturated heterocycles. The van der Waals surface area contributed by atoms with E-state index in [0.29, 0.717) is 0 Å². The van der Waals surface area contributed by atoms with Crippen LogP contribution in [-0.4, -0.2) is 36.8 Å². The summed E-state index contributed by atoms with van der Waals surface area (Å²) in [6.07, 6.45) is 1.25. The van der Waals surface area contributed by atoms with Crippen LogP contribution in [0.3, 0.4) is 0 Å². The van der Waals surface area contributed by atoms with Gasteiger partial charge in [-0.2, -0.15) is 0 Å². The van der Waals surface area contributed by atoms with Gasteiger partial charge in [-0.25, -0.2) is 0 Å². The van der Waals surface area contributed by atoms with Gasteiger partial charge in [0, 0.05) is 24.7 Å². The zero-order valence-electron chi connectivity index (χ0n) is 5.09. The largest absolute Gasteiger partial charge is 0.296 e. The van der Waals surface area contributed by atoms with Gasteiger partial charge in [-0.05, 0) is 7.05 Å². The third-order valence-corrected chi connectivity index (χ3v) is 2.05. The molecule has 0 N–H and O–H groups in total. The highest BCUT2D eigenvalue weighted by Gasteiger charge is 2.29. The first-order valence-corrected chi connectivity index (χ1v) is 3.09. The Bertz CT molecular complexity index is 139. The molecule has 1 unspecified atom stereocenters. The lowest BCUT2D eigenvalue weighted by atomic mass is 10.2. The molecule has 1 atom stereocenters. The molecule has 2 bridgehead atoms. The molecule has 2 heterocycles. The van der Waals surface area contributed by atoms with Crippen molar-refractivity contribution in [1.29, 1.82) is 0 Å². The zero-order valence-corrected chi connectivity index (χ0v) is 5.09. The van der Waals surface area contributed by atoms with E-state index in [9.17, 15) is 0 Å². The van der Waals surface area contributed by atoms with Gasteiger partial charge in [-0.15, -0.1) is 0 Å². The van der Waals surface area contributed by atoms with E-state index >= 15 is 0 Å². The molecule has 0 radical (unpaired) electrons. The van der Waals surface area contributed by atoms with Crippen molar-refractivity contribution in [2.24, 2.45) is 4.99 Å². The van der Waals surface area contributed by atoms with Gasteiger partial charge < -0.3 is 0 Å². The zero-order chi connectivity index (χ0) is 5.56. The highest BCUT2D eigenvalue weighted by atomic mass is 15.2. The molecule has 44 valence electrons. The molecule has 0 aromatic carbocycles. The summed E-state index contributed by atoms with van der Waals surface area (Å²) in [6.45, 7) is 2.19. The summed E-state index contributed by atoms with van der Waals surface area (Å²) in [7, 11) is 2.17. The molecular weight excluding hydrogens is 100 g/mol. The van der Waals surface area contributed by atoms with Crippen LogP contribution >= 0.6 is 0 Å². The Hall–Kier alpha value is -0.370. The monoisotopic (exact) mass is 110 g/mol. The van der Waals surface area contributed by atoms with Gasteiger partial charge in [0.1, 0.15) is 0 Å². The minimum Gasteiger partial charge on any atom is -0.296 e. The Labute approximate surface area is 49.2 Å². The van der Waals surface area contributed by atoms with Crippen LogP contribution in [0.2, 0.25) is 0 Å². The van der Waals surface area contributed by atoms with Crippen LogP contribution in [-0.2, 0) is 0 Å². The van der Waals surface area contributed by atoms with Crippen LogP contribution in [0.15, 0.2) is 4.99 Å². The average molecular weight is 110 g/mol. The summed E-state index contributed by atoms with van der Waals surface area (Å²) in [5.41, 5.74) is 1.41. The Balaban J connectivity index is 2.25. The first-order valence-electron chi connectivity index (χ1n) is 3.09. The molecule has 2 heteroatoms. The summed E-state index contributed by atoms with van der Waals surface area (Å²) in [6, 6.07) is 0.769. The van der Waals surface area contributed by atoms with Gasteiger partial charge in [-0.3, -0.25) is 9.89 Å². The maximum Gasteiger partial charge on any atom is 0.0548 e. The lowest BCUT2D eigenvalue weighted by Crippen LogP contribution is -2.29. The number of aliphatic imine (C=N–C) groups is 1. The van der Waals surface area contributed by atoms with E-state index in [1.54, 1.807) is 0 Å². The second-order valence-corrected chi connectivity index (χ2v) is 2.68. The van der Waals surface area contributed by atoms with E-state index < -0.39 is 0 Å². The SMILES string of the molecule is CN1CC2=NCC1C2. The minimum absolute atomic E-state index is 0.769. The molecule has 0 aromatic heterocycles. The number of likely N-dealkylation sites (tertiary alicyclic amines) is 1. The van der Waals surface area contributed by atoms with E-state index in [0.717, 1.165) is 19.1 Å². The molecule has 2 aliphatic rings. The van der Waals surface area contributed by atoms with Crippen molar-refractivity contribution >= 4 is 5.71 Å². The molecule has 2 nitrogen and oxygen atoms in total. The minimum atomic E-state index is 0.769. The fourth-order valence-corrected chi connectivity index (χ4v) is 1.46. The fourth-order valence-electron chi connectivity index (χ4n) is 1.46. The maximum atomic E-state index is 4.33. The second-order valence-electron chi connectivity index (χ2n) is 2.68. The summed E-state index contributed by atoms with van der Waals surface area (Å²) in [5.74, 6) is 0. The molecular formula is C6H10N2. The van der Waals surface area contributed by atoms with E-state index in [1.807, 2.05) is 0 Å². The molecule has 0 aliphatic carbocycles. The summed E-state index contributed by atoms with van der Waals surface area (Å²) in [4.78, 5) is 6.71. The van der Waals surface area contributed by atoms with E-state index in [1.165, 1.54) is 12.1 Å². The Kier molecular flexibility index (Phi) is 0.742. The summed E-state index contributed by atoms with van der Waals surface area (Å²) < 4.78 is 0. The van der Waals surface area contributed by atoms with Crippen molar-refractivity contribution in [2.45, 2.75) is 12.5 Å². The quantitative estimate of drug-likeness (QED) is 0.433. The second kappa shape index (κ2) is 1.32. The lowest BCUT2D eigenvalue weighted by molar-refractivity contribution is 0.316. The topological polar surface area (TPSA) is 15.6 Å². The van der Waals surface area contributed by atoms with Crippen molar-refractivity contribution in [3.8, 4) is 0 Å². The third kappa shape index (κ3) is 0.436. The predicted molar refractivity (Wildman–Crippen MR) is 33.3 cm³/mol. The van der Waals surface area contributed by atoms with Crippen LogP contribution in [0, 0.1) is 0 Å². The summed E-state index contributed by atoms with van der Waals surface area (Å²) >= 11 is 0. The lowest BCUT2D eigenvalue weighted by Gasteiger charge is -2.16. The van der Waals surface area contributed by atoms with Crippen LogP contribution < -0.4 is 0 Å². The van der Waals surface area contributed by atoms with Gasteiger partial charge >= 0.3 is 0 Å². The van der Waals surface area contributed by atoms with Crippen LogP contribution in [0.4, 0.5) is 0 Å². The third-order valence-electron chi connectivity index (χ3n) is 2.05. The van der Waals surface area contributed by atoms with E-state index in [2.05, 4.69) is 16.9 Å². The molecule has 2 aliphatic heterocycles. The first-order chi connectivity index (χ1) is 3.86. The standard InChI is InChI=1S/C6H10N2/c1-8-4-5-2-6(8)3-7-5/h6H,2-4H2,1H3. The molecule has 0 saturated carbocycles. The Morgan fingerprint density at radius 1 is 1.75 bits per heavy atom. The fraction of sp³-hybridized carbons (Fsp3) is 0.833. The Morgan fingerprint density at radius 2 is 2.62 bits per heavy atom. The number of hydrogen-bond donors (Lipinski definition) is 0. The number of likely N-dealkylation sites (N-methyl/N-ethyl adjacent to an activating group) is 1. The van der Waals surface area contributed by atoms with Crippen LogP contribution in [0.25, 0.3) is 0 Å². The predicted octanol–water partition coefficient (Wildman–Crippen LogP) is 0.145. The van der Waals surface area contributed by atoms with Gasteiger partial charge in [0.2, 0.25) is 0 Å². The molecule has 0 amide bonds. The molecule has 2 rings (SSSR count). The normalized spacial score (nSPS) is 36.1. The molecule has 0 spiro atoms. The van der Waals surface area contributed by atoms with Crippen molar-refractivity contribution in [3.05, 3.63) is 0 Å². The number of rotatable bonds is 0.